The Kier molecular flexibility index (Phi) is 4.78. The molecular formula is C27H20N6O3. The standard InChI is InChI=1S/C27H20N6O3/c1-15-8-10-19-21(12-15)30-32(28-19)23-14-18(25(34)17-6-4-3-5-7-17)26(35)24(27(23)36)33-29-20-11-9-16(2)13-22(20)31-33/h3-14,35-36H,1-2H3. The summed E-state index contributed by atoms with van der Waals surface area (Å²) in [7, 11) is 0. The lowest BCUT2D eigenvalue weighted by Crippen LogP contribution is -2.10. The number of phenols is 2. The van der Waals surface area contributed by atoms with E-state index in [9.17, 15) is 15.0 Å². The molecule has 4 aromatic carbocycles. The molecule has 6 rings (SSSR count). The molecule has 0 aliphatic carbocycles. The molecule has 176 valence electrons. The van der Waals surface area contributed by atoms with Gasteiger partial charge < -0.3 is 10.2 Å². The molecule has 0 fully saturated rings. The Labute approximate surface area is 204 Å². The van der Waals surface area contributed by atoms with Crippen molar-refractivity contribution in [1.29, 1.82) is 0 Å². The summed E-state index contributed by atoms with van der Waals surface area (Å²) < 4.78 is 0. The van der Waals surface area contributed by atoms with Gasteiger partial charge in [0, 0.05) is 5.56 Å². The van der Waals surface area contributed by atoms with E-state index in [1.54, 1.807) is 36.4 Å². The maximum absolute atomic E-state index is 13.4. The van der Waals surface area contributed by atoms with Crippen LogP contribution < -0.4 is 0 Å². The van der Waals surface area contributed by atoms with Gasteiger partial charge in [0.25, 0.3) is 0 Å². The molecular weight excluding hydrogens is 456 g/mol. The van der Waals surface area contributed by atoms with E-state index < -0.39 is 11.5 Å². The highest BCUT2D eigenvalue weighted by Crippen LogP contribution is 2.40. The first-order valence-electron chi connectivity index (χ1n) is 11.3. The van der Waals surface area contributed by atoms with Gasteiger partial charge in [-0.2, -0.15) is 0 Å². The molecule has 0 amide bonds. The summed E-state index contributed by atoms with van der Waals surface area (Å²) in [5, 5.41) is 40.5. The quantitative estimate of drug-likeness (QED) is 0.362. The van der Waals surface area contributed by atoms with Crippen molar-refractivity contribution in [2.45, 2.75) is 13.8 Å². The number of benzene rings is 4. The minimum absolute atomic E-state index is 0.0425. The van der Waals surface area contributed by atoms with E-state index in [-0.39, 0.29) is 22.7 Å². The Hall–Kier alpha value is -5.05. The monoisotopic (exact) mass is 476 g/mol. The van der Waals surface area contributed by atoms with Crippen molar-refractivity contribution in [3.05, 3.63) is 95.1 Å². The zero-order valence-corrected chi connectivity index (χ0v) is 19.4. The minimum Gasteiger partial charge on any atom is -0.505 e. The highest BCUT2D eigenvalue weighted by atomic mass is 16.3. The Morgan fingerprint density at radius 3 is 1.86 bits per heavy atom. The second-order valence-electron chi connectivity index (χ2n) is 8.65. The van der Waals surface area contributed by atoms with Gasteiger partial charge in [-0.1, -0.05) is 42.5 Å². The van der Waals surface area contributed by atoms with Crippen LogP contribution in [0.5, 0.6) is 11.5 Å². The first-order chi connectivity index (χ1) is 17.4. The van der Waals surface area contributed by atoms with E-state index in [4.69, 9.17) is 0 Å². The number of nitrogens with zero attached hydrogens (tertiary/aromatic N) is 6. The lowest BCUT2D eigenvalue weighted by atomic mass is 10.0. The molecule has 6 aromatic rings. The van der Waals surface area contributed by atoms with Crippen LogP contribution in [0.15, 0.2) is 72.8 Å². The lowest BCUT2D eigenvalue weighted by Gasteiger charge is -2.14. The summed E-state index contributed by atoms with van der Waals surface area (Å²) in [6, 6.07) is 21.1. The van der Waals surface area contributed by atoms with Crippen LogP contribution in [0.1, 0.15) is 27.0 Å². The fraction of sp³-hybridized carbons (Fsp3) is 0.0741. The van der Waals surface area contributed by atoms with E-state index >= 15 is 0 Å². The fourth-order valence-electron chi connectivity index (χ4n) is 4.15. The highest BCUT2D eigenvalue weighted by Gasteiger charge is 2.27. The first kappa shape index (κ1) is 21.5. The summed E-state index contributed by atoms with van der Waals surface area (Å²) in [6.07, 6.45) is 0. The van der Waals surface area contributed by atoms with Crippen molar-refractivity contribution in [2.75, 3.05) is 0 Å². The lowest BCUT2D eigenvalue weighted by molar-refractivity contribution is 0.103. The number of carbonyl (C=O) groups excluding carboxylic acids is 1. The molecule has 36 heavy (non-hydrogen) atoms. The Morgan fingerprint density at radius 1 is 0.667 bits per heavy atom. The number of phenolic OH excluding ortho intramolecular Hbond substituents is 2. The summed E-state index contributed by atoms with van der Waals surface area (Å²) in [5.41, 5.74) is 4.67. The third-order valence-electron chi connectivity index (χ3n) is 6.00. The molecule has 2 N–H and O–H groups in total. The van der Waals surface area contributed by atoms with Gasteiger partial charge >= 0.3 is 0 Å². The molecule has 0 spiro atoms. The topological polar surface area (TPSA) is 119 Å². The van der Waals surface area contributed by atoms with E-state index in [0.29, 0.717) is 27.6 Å². The van der Waals surface area contributed by atoms with Crippen molar-refractivity contribution >= 4 is 27.9 Å². The van der Waals surface area contributed by atoms with Crippen LogP contribution in [0, 0.1) is 13.8 Å². The third kappa shape index (κ3) is 3.45. The van der Waals surface area contributed by atoms with E-state index in [0.717, 1.165) is 15.9 Å². The normalized spacial score (nSPS) is 11.4. The zero-order chi connectivity index (χ0) is 25.0. The average Bonchev–Trinajstić information content (AvgIpc) is 3.47. The first-order valence-corrected chi connectivity index (χ1v) is 11.3. The zero-order valence-electron chi connectivity index (χ0n) is 19.4. The maximum Gasteiger partial charge on any atom is 0.196 e. The van der Waals surface area contributed by atoms with E-state index in [1.165, 1.54) is 10.9 Å². The highest BCUT2D eigenvalue weighted by molar-refractivity contribution is 6.12. The van der Waals surface area contributed by atoms with Crippen LogP contribution in [0.3, 0.4) is 0 Å². The van der Waals surface area contributed by atoms with Gasteiger partial charge in [0.05, 0.1) is 5.56 Å². The maximum atomic E-state index is 13.4. The van der Waals surface area contributed by atoms with Crippen molar-refractivity contribution in [2.24, 2.45) is 0 Å². The van der Waals surface area contributed by atoms with Gasteiger partial charge in [-0.25, -0.2) is 0 Å². The van der Waals surface area contributed by atoms with Gasteiger partial charge in [0.1, 0.15) is 27.8 Å². The van der Waals surface area contributed by atoms with E-state index in [2.05, 4.69) is 20.4 Å². The van der Waals surface area contributed by atoms with Crippen molar-refractivity contribution in [3.63, 3.8) is 0 Å². The van der Waals surface area contributed by atoms with Crippen LogP contribution in [0.25, 0.3) is 33.4 Å². The second kappa shape index (κ2) is 8.02. The van der Waals surface area contributed by atoms with Gasteiger partial charge in [-0.05, 0) is 55.3 Å². The number of hydrogen-bond acceptors (Lipinski definition) is 7. The number of rotatable bonds is 4. The van der Waals surface area contributed by atoms with Crippen LogP contribution >= 0.6 is 0 Å². The van der Waals surface area contributed by atoms with Crippen molar-refractivity contribution in [1.82, 2.24) is 30.0 Å². The number of ketones is 1. The molecule has 0 aliphatic heterocycles. The van der Waals surface area contributed by atoms with Crippen molar-refractivity contribution < 1.29 is 15.0 Å². The second-order valence-corrected chi connectivity index (χ2v) is 8.65. The van der Waals surface area contributed by atoms with E-state index in [1.807, 2.05) is 44.2 Å². The molecule has 2 heterocycles. The smallest absolute Gasteiger partial charge is 0.196 e. The van der Waals surface area contributed by atoms with Gasteiger partial charge in [-0.3, -0.25) is 4.79 Å². The van der Waals surface area contributed by atoms with Crippen LogP contribution in [0.4, 0.5) is 0 Å². The largest absolute Gasteiger partial charge is 0.505 e. The van der Waals surface area contributed by atoms with Crippen molar-refractivity contribution in [3.8, 4) is 22.9 Å². The molecule has 0 radical (unpaired) electrons. The number of aryl methyl sites for hydroxylation is 2. The number of hydrogen-bond donors (Lipinski definition) is 2. The number of fused-ring (bicyclic) bond motifs is 2. The number of aromatic nitrogens is 6. The molecule has 0 atom stereocenters. The molecule has 9 nitrogen and oxygen atoms in total. The molecule has 0 unspecified atom stereocenters. The summed E-state index contributed by atoms with van der Waals surface area (Å²) >= 11 is 0. The fourth-order valence-corrected chi connectivity index (χ4v) is 4.15. The molecule has 0 bridgehead atoms. The Morgan fingerprint density at radius 2 is 1.22 bits per heavy atom. The SMILES string of the molecule is Cc1ccc2nn(-c3cc(C(=O)c4ccccc4)c(O)c(-n4nc5ccc(C)cc5n4)c3O)nc2c1. The Balaban J connectivity index is 1.63. The Bertz CT molecular complexity index is 1800. The number of aromatic hydroxyl groups is 2. The minimum atomic E-state index is -0.449. The molecule has 2 aromatic heterocycles. The predicted molar refractivity (Wildman–Crippen MR) is 134 cm³/mol. The molecule has 0 aliphatic rings. The summed E-state index contributed by atoms with van der Waals surface area (Å²) in [4.78, 5) is 15.8. The van der Waals surface area contributed by atoms with Crippen LogP contribution in [-0.2, 0) is 0 Å². The number of carbonyl (C=O) groups is 1. The predicted octanol–water partition coefficient (Wildman–Crippen LogP) is 4.41. The van der Waals surface area contributed by atoms with Gasteiger partial charge in [0.2, 0.25) is 0 Å². The molecule has 9 heteroatoms. The average molecular weight is 476 g/mol. The van der Waals surface area contributed by atoms with Crippen LogP contribution in [-0.4, -0.2) is 46.0 Å². The molecule has 0 saturated carbocycles. The van der Waals surface area contributed by atoms with Crippen LogP contribution in [0.2, 0.25) is 0 Å². The summed E-state index contributed by atoms with van der Waals surface area (Å²) in [5.74, 6) is -1.25. The third-order valence-corrected chi connectivity index (χ3v) is 6.00. The molecule has 0 saturated heterocycles. The summed E-state index contributed by atoms with van der Waals surface area (Å²) in [6.45, 7) is 3.88. The van der Waals surface area contributed by atoms with Gasteiger partial charge in [0.15, 0.2) is 23.0 Å². The van der Waals surface area contributed by atoms with Gasteiger partial charge in [-0.15, -0.1) is 30.0 Å².